The highest BCUT2D eigenvalue weighted by Crippen LogP contribution is 2.40. The number of fused-ring (bicyclic) bond motifs is 1. The summed E-state index contributed by atoms with van der Waals surface area (Å²) in [7, 11) is 0. The smallest absolute Gasteiger partial charge is 0.283 e. The molecule has 31 heavy (non-hydrogen) atoms. The van der Waals surface area contributed by atoms with E-state index >= 15 is 0 Å². The molecule has 0 radical (unpaired) electrons. The fraction of sp³-hybridized carbons (Fsp3) is 0.120. The van der Waals surface area contributed by atoms with Crippen molar-refractivity contribution in [2.75, 3.05) is 11.4 Å². The zero-order valence-electron chi connectivity index (χ0n) is 16.6. The maximum atomic E-state index is 13.6. The second-order valence-electron chi connectivity index (χ2n) is 7.46. The summed E-state index contributed by atoms with van der Waals surface area (Å²) in [6.07, 6.45) is 0.835. The van der Waals surface area contributed by atoms with Gasteiger partial charge in [0.15, 0.2) is 0 Å². The lowest BCUT2D eigenvalue weighted by atomic mass is 9.99. The van der Waals surface area contributed by atoms with Crippen LogP contribution in [0.2, 0.25) is 5.02 Å². The summed E-state index contributed by atoms with van der Waals surface area (Å²) in [6.45, 7) is 1.29. The molecule has 0 unspecified atom stereocenters. The number of benzene rings is 3. The largest absolute Gasteiger partial charge is 0.361 e. The van der Waals surface area contributed by atoms with Crippen LogP contribution in [0.25, 0.3) is 0 Å². The fourth-order valence-electron chi connectivity index (χ4n) is 4.01. The van der Waals surface area contributed by atoms with Crippen LogP contribution in [0.5, 0.6) is 0 Å². The van der Waals surface area contributed by atoms with E-state index in [1.165, 1.54) is 27.8 Å². The molecule has 0 saturated heterocycles. The average molecular weight is 447 g/mol. The summed E-state index contributed by atoms with van der Waals surface area (Å²) in [5, 5.41) is 0.482. The number of carbonyl (C=O) groups excluding carboxylic acids is 2. The average Bonchev–Trinajstić information content (AvgIpc) is 3.03. The van der Waals surface area contributed by atoms with Gasteiger partial charge >= 0.3 is 0 Å². The van der Waals surface area contributed by atoms with Crippen molar-refractivity contribution in [3.63, 3.8) is 0 Å². The Bertz CT molecular complexity index is 1210. The van der Waals surface area contributed by atoms with Crippen LogP contribution in [0.4, 0.5) is 5.69 Å². The Balaban J connectivity index is 1.56. The molecule has 2 heterocycles. The SMILES string of the molecule is O=C1C(Sc2ccccc2)=C(N2CCc3ccccc3C2)C(=O)N1c1cccc(Cl)c1. The first-order valence-electron chi connectivity index (χ1n) is 10.0. The van der Waals surface area contributed by atoms with Gasteiger partial charge < -0.3 is 4.90 Å². The molecule has 5 rings (SSSR count). The zero-order valence-corrected chi connectivity index (χ0v) is 18.2. The number of carbonyl (C=O) groups is 2. The Kier molecular flexibility index (Phi) is 5.30. The van der Waals surface area contributed by atoms with Crippen molar-refractivity contribution in [1.82, 2.24) is 4.90 Å². The topological polar surface area (TPSA) is 40.6 Å². The highest BCUT2D eigenvalue weighted by molar-refractivity contribution is 8.04. The van der Waals surface area contributed by atoms with E-state index in [-0.39, 0.29) is 11.8 Å². The number of thioether (sulfide) groups is 1. The first-order chi connectivity index (χ1) is 15.1. The van der Waals surface area contributed by atoms with E-state index < -0.39 is 0 Å². The predicted molar refractivity (Wildman–Crippen MR) is 124 cm³/mol. The molecule has 2 aliphatic heterocycles. The molecule has 4 nitrogen and oxygen atoms in total. The van der Waals surface area contributed by atoms with Gasteiger partial charge in [0.2, 0.25) is 0 Å². The third-order valence-electron chi connectivity index (χ3n) is 5.49. The summed E-state index contributed by atoms with van der Waals surface area (Å²) in [5.41, 5.74) is 3.43. The predicted octanol–water partition coefficient (Wildman–Crippen LogP) is 5.28. The Morgan fingerprint density at radius 3 is 2.32 bits per heavy atom. The lowest BCUT2D eigenvalue weighted by Crippen LogP contribution is -2.37. The molecule has 6 heteroatoms. The van der Waals surface area contributed by atoms with Crippen LogP contribution in [0.15, 0.2) is 94.4 Å². The van der Waals surface area contributed by atoms with Gasteiger partial charge in [-0.1, -0.05) is 71.9 Å². The van der Waals surface area contributed by atoms with Crippen molar-refractivity contribution in [3.8, 4) is 0 Å². The highest BCUT2D eigenvalue weighted by Gasteiger charge is 2.43. The van der Waals surface area contributed by atoms with Gasteiger partial charge in [-0.25, -0.2) is 4.90 Å². The van der Waals surface area contributed by atoms with Crippen molar-refractivity contribution in [1.29, 1.82) is 0 Å². The summed E-state index contributed by atoms with van der Waals surface area (Å²) < 4.78 is 0. The van der Waals surface area contributed by atoms with E-state index in [4.69, 9.17) is 11.6 Å². The second kappa shape index (κ2) is 8.25. The molecule has 0 atom stereocenters. The molecule has 0 spiro atoms. The number of nitrogens with zero attached hydrogens (tertiary/aromatic N) is 2. The molecular formula is C25H19ClN2O2S. The van der Waals surface area contributed by atoms with Gasteiger partial charge in [-0.3, -0.25) is 9.59 Å². The minimum absolute atomic E-state index is 0.301. The van der Waals surface area contributed by atoms with Crippen LogP contribution in [0.1, 0.15) is 11.1 Å². The third-order valence-corrected chi connectivity index (χ3v) is 6.81. The van der Waals surface area contributed by atoms with Gasteiger partial charge in [-0.15, -0.1) is 0 Å². The van der Waals surface area contributed by atoms with Crippen LogP contribution in [0, 0.1) is 0 Å². The van der Waals surface area contributed by atoms with Gasteiger partial charge in [0.1, 0.15) is 10.6 Å². The van der Waals surface area contributed by atoms with Gasteiger partial charge in [0.25, 0.3) is 11.8 Å². The van der Waals surface area contributed by atoms with Gasteiger partial charge in [0.05, 0.1) is 5.69 Å². The Hall–Kier alpha value is -3.02. The van der Waals surface area contributed by atoms with Crippen molar-refractivity contribution in [3.05, 3.63) is 106 Å². The van der Waals surface area contributed by atoms with E-state index in [2.05, 4.69) is 12.1 Å². The van der Waals surface area contributed by atoms with E-state index in [1.807, 2.05) is 47.4 Å². The number of imide groups is 1. The van der Waals surface area contributed by atoms with Gasteiger partial charge in [-0.2, -0.15) is 0 Å². The lowest BCUT2D eigenvalue weighted by Gasteiger charge is -2.31. The summed E-state index contributed by atoms with van der Waals surface area (Å²) in [4.78, 5) is 31.7. The standard InChI is InChI=1S/C25H19ClN2O2S/c26-19-9-6-10-20(15-19)28-24(29)22(23(25(28)30)31-21-11-2-1-3-12-21)27-14-13-17-7-4-5-8-18(17)16-27/h1-12,15H,13-14,16H2. The van der Waals surface area contributed by atoms with Crippen LogP contribution < -0.4 is 4.90 Å². The molecule has 0 aliphatic carbocycles. The fourth-order valence-corrected chi connectivity index (χ4v) is 5.22. The Morgan fingerprint density at radius 1 is 0.806 bits per heavy atom. The first-order valence-corrected chi connectivity index (χ1v) is 11.2. The number of rotatable bonds is 4. The maximum Gasteiger partial charge on any atom is 0.283 e. The van der Waals surface area contributed by atoms with Crippen molar-refractivity contribution < 1.29 is 9.59 Å². The molecule has 0 N–H and O–H groups in total. The minimum Gasteiger partial charge on any atom is -0.361 e. The molecule has 3 aromatic carbocycles. The highest BCUT2D eigenvalue weighted by atomic mass is 35.5. The second-order valence-corrected chi connectivity index (χ2v) is 8.98. The zero-order chi connectivity index (χ0) is 21.4. The van der Waals surface area contributed by atoms with Gasteiger partial charge in [0, 0.05) is 23.0 Å². The van der Waals surface area contributed by atoms with E-state index in [0.29, 0.717) is 34.4 Å². The third kappa shape index (κ3) is 3.75. The monoisotopic (exact) mass is 446 g/mol. The summed E-state index contributed by atoms with van der Waals surface area (Å²) >= 11 is 7.49. The Labute approximate surface area is 190 Å². The summed E-state index contributed by atoms with van der Waals surface area (Å²) in [5.74, 6) is -0.611. The Morgan fingerprint density at radius 2 is 1.55 bits per heavy atom. The minimum atomic E-state index is -0.310. The number of amides is 2. The first kappa shape index (κ1) is 19.9. The van der Waals surface area contributed by atoms with Gasteiger partial charge in [-0.05, 0) is 47.9 Å². The number of hydrogen-bond donors (Lipinski definition) is 0. The number of anilines is 1. The molecule has 2 amide bonds. The molecule has 3 aromatic rings. The normalized spacial score (nSPS) is 16.2. The maximum absolute atomic E-state index is 13.6. The summed E-state index contributed by atoms with van der Waals surface area (Å²) in [6, 6.07) is 24.8. The quantitative estimate of drug-likeness (QED) is 0.511. The molecule has 0 bridgehead atoms. The van der Waals surface area contributed by atoms with Crippen molar-refractivity contribution in [2.24, 2.45) is 0 Å². The lowest BCUT2D eigenvalue weighted by molar-refractivity contribution is -0.121. The molecule has 0 saturated carbocycles. The van der Waals surface area contributed by atoms with Crippen LogP contribution in [0.3, 0.4) is 0 Å². The van der Waals surface area contributed by atoms with Crippen LogP contribution in [-0.4, -0.2) is 23.3 Å². The van der Waals surface area contributed by atoms with Crippen molar-refractivity contribution >= 4 is 40.9 Å². The number of halogens is 1. The molecule has 2 aliphatic rings. The van der Waals surface area contributed by atoms with Crippen LogP contribution in [-0.2, 0) is 22.6 Å². The molecule has 0 fully saturated rings. The molecular weight excluding hydrogens is 428 g/mol. The molecule has 154 valence electrons. The van der Waals surface area contributed by atoms with E-state index in [1.54, 1.807) is 24.3 Å². The van der Waals surface area contributed by atoms with E-state index in [9.17, 15) is 9.59 Å². The van der Waals surface area contributed by atoms with Crippen LogP contribution >= 0.6 is 23.4 Å². The van der Waals surface area contributed by atoms with E-state index in [0.717, 1.165) is 11.3 Å². The number of hydrogen-bond acceptors (Lipinski definition) is 4. The molecule has 0 aromatic heterocycles. The van der Waals surface area contributed by atoms with Crippen molar-refractivity contribution in [2.45, 2.75) is 17.9 Å².